The van der Waals surface area contributed by atoms with Crippen molar-refractivity contribution in [2.24, 2.45) is 0 Å². The third kappa shape index (κ3) is 7.44. The predicted octanol–water partition coefficient (Wildman–Crippen LogP) is 1.73. The molecule has 52 valence electrons. The van der Waals surface area contributed by atoms with Gasteiger partial charge in [0.05, 0.1) is 0 Å². The first kappa shape index (κ1) is 8.44. The molecule has 0 radical (unpaired) electrons. The van der Waals surface area contributed by atoms with Crippen LogP contribution in [0.25, 0.3) is 0 Å². The van der Waals surface area contributed by atoms with Crippen molar-refractivity contribution in [3.8, 4) is 0 Å². The fourth-order valence-electron chi connectivity index (χ4n) is 0.506. The Balaban J connectivity index is 2.91. The van der Waals surface area contributed by atoms with Crippen molar-refractivity contribution < 1.29 is 0 Å². The third-order valence-corrected chi connectivity index (χ3v) is 1.02. The fraction of sp³-hybridized carbons (Fsp3) is 0.500. The molecule has 0 unspecified atom stereocenters. The maximum atomic E-state index is 3.79. The van der Waals surface area contributed by atoms with Gasteiger partial charge in [-0.15, -0.1) is 13.2 Å². The van der Waals surface area contributed by atoms with E-state index in [9.17, 15) is 0 Å². The lowest BCUT2D eigenvalue weighted by atomic mass is 10.2. The Hall–Kier alpha value is -0.560. The van der Waals surface area contributed by atoms with Crippen molar-refractivity contribution in [1.82, 2.24) is 5.32 Å². The average molecular weight is 125 g/mol. The summed E-state index contributed by atoms with van der Waals surface area (Å²) in [7, 11) is 0. The van der Waals surface area contributed by atoms with E-state index in [4.69, 9.17) is 0 Å². The molecule has 1 N–H and O–H groups in total. The highest BCUT2D eigenvalue weighted by Gasteiger charge is 1.83. The highest BCUT2D eigenvalue weighted by molar-refractivity contribution is 4.88. The topological polar surface area (TPSA) is 12.0 Å². The van der Waals surface area contributed by atoms with Gasteiger partial charge in [0.1, 0.15) is 0 Å². The molecule has 0 aliphatic carbocycles. The monoisotopic (exact) mass is 125 g/mol. The van der Waals surface area contributed by atoms with Crippen LogP contribution in [0.1, 0.15) is 13.3 Å². The number of hydrogen-bond acceptors (Lipinski definition) is 1. The van der Waals surface area contributed by atoms with E-state index in [1.54, 1.807) is 0 Å². The van der Waals surface area contributed by atoms with Gasteiger partial charge < -0.3 is 5.32 Å². The zero-order valence-electron chi connectivity index (χ0n) is 6.11. The molecule has 1 heteroatoms. The van der Waals surface area contributed by atoms with Crippen LogP contribution in [0, 0.1) is 0 Å². The molecule has 0 aromatic rings. The summed E-state index contributed by atoms with van der Waals surface area (Å²) in [5, 5.41) is 3.19. The van der Waals surface area contributed by atoms with Gasteiger partial charge in [0, 0.05) is 6.54 Å². The zero-order valence-corrected chi connectivity index (χ0v) is 6.11. The van der Waals surface area contributed by atoms with E-state index in [0.29, 0.717) is 0 Å². The maximum Gasteiger partial charge on any atom is 0.0132 e. The Kier molecular flexibility index (Phi) is 5.23. The second-order valence-corrected chi connectivity index (χ2v) is 2.20. The summed E-state index contributed by atoms with van der Waals surface area (Å²) < 4.78 is 0. The molecule has 0 saturated heterocycles. The van der Waals surface area contributed by atoms with Gasteiger partial charge in [-0.2, -0.15) is 0 Å². The lowest BCUT2D eigenvalue weighted by molar-refractivity contribution is 0.742. The van der Waals surface area contributed by atoms with Crippen LogP contribution in [-0.4, -0.2) is 13.1 Å². The lowest BCUT2D eigenvalue weighted by Crippen LogP contribution is -2.14. The number of hydrogen-bond donors (Lipinski definition) is 1. The minimum absolute atomic E-state index is 0.896. The van der Waals surface area contributed by atoms with Crippen LogP contribution in [0.4, 0.5) is 0 Å². The first-order valence-corrected chi connectivity index (χ1v) is 3.23. The van der Waals surface area contributed by atoms with Crippen molar-refractivity contribution in [1.29, 1.82) is 0 Å². The minimum Gasteiger partial charge on any atom is -0.313 e. The van der Waals surface area contributed by atoms with Crippen molar-refractivity contribution in [2.45, 2.75) is 13.3 Å². The Labute approximate surface area is 57.5 Å². The highest BCUT2D eigenvalue weighted by Crippen LogP contribution is 1.90. The summed E-state index contributed by atoms with van der Waals surface area (Å²) in [6, 6.07) is 0. The second kappa shape index (κ2) is 5.57. The van der Waals surface area contributed by atoms with E-state index < -0.39 is 0 Å². The maximum absolute atomic E-state index is 3.79. The van der Waals surface area contributed by atoms with Crippen LogP contribution in [-0.2, 0) is 0 Å². The van der Waals surface area contributed by atoms with Gasteiger partial charge in [0.2, 0.25) is 0 Å². The Morgan fingerprint density at radius 2 is 2.33 bits per heavy atom. The number of nitrogens with one attached hydrogen (secondary N) is 1. The molecule has 1 nitrogen and oxygen atoms in total. The first-order valence-electron chi connectivity index (χ1n) is 3.23. The molecule has 0 atom stereocenters. The Morgan fingerprint density at radius 3 is 2.78 bits per heavy atom. The van der Waals surface area contributed by atoms with Gasteiger partial charge in [-0.05, 0) is 19.9 Å². The van der Waals surface area contributed by atoms with Crippen LogP contribution in [0.2, 0.25) is 0 Å². The van der Waals surface area contributed by atoms with Crippen LogP contribution < -0.4 is 5.32 Å². The van der Waals surface area contributed by atoms with Crippen molar-refractivity contribution in [3.05, 3.63) is 24.8 Å². The van der Waals surface area contributed by atoms with Gasteiger partial charge in [0.25, 0.3) is 0 Å². The van der Waals surface area contributed by atoms with Crippen LogP contribution >= 0.6 is 0 Å². The standard InChI is InChI=1S/C8H15N/c1-4-6-9-7-5-8(2)3/h4,9H,1-2,5-7H2,3H3. The van der Waals surface area contributed by atoms with Crippen molar-refractivity contribution >= 4 is 0 Å². The summed E-state index contributed by atoms with van der Waals surface area (Å²) in [6.45, 7) is 11.3. The van der Waals surface area contributed by atoms with Gasteiger partial charge in [-0.3, -0.25) is 0 Å². The summed E-state index contributed by atoms with van der Waals surface area (Å²) in [5.41, 5.74) is 1.23. The molecule has 0 bridgehead atoms. The summed E-state index contributed by atoms with van der Waals surface area (Å²) in [6.07, 6.45) is 2.92. The molecule has 0 aliphatic rings. The molecule has 0 fully saturated rings. The van der Waals surface area contributed by atoms with Gasteiger partial charge in [-0.25, -0.2) is 0 Å². The lowest BCUT2D eigenvalue weighted by Gasteiger charge is -1.98. The largest absolute Gasteiger partial charge is 0.313 e. The van der Waals surface area contributed by atoms with E-state index in [-0.39, 0.29) is 0 Å². The summed E-state index contributed by atoms with van der Waals surface area (Å²) in [4.78, 5) is 0. The molecule has 0 aromatic carbocycles. The zero-order chi connectivity index (χ0) is 7.11. The minimum atomic E-state index is 0.896. The van der Waals surface area contributed by atoms with Gasteiger partial charge in [0.15, 0.2) is 0 Å². The van der Waals surface area contributed by atoms with E-state index in [0.717, 1.165) is 19.5 Å². The van der Waals surface area contributed by atoms with Crippen molar-refractivity contribution in [2.75, 3.05) is 13.1 Å². The molecule has 0 aromatic heterocycles. The molecule has 9 heavy (non-hydrogen) atoms. The normalized spacial score (nSPS) is 9.00. The average Bonchev–Trinajstić information content (AvgIpc) is 1.80. The molecule has 0 heterocycles. The van der Waals surface area contributed by atoms with Crippen LogP contribution in [0.5, 0.6) is 0 Å². The SMILES string of the molecule is C=CCNCCC(=C)C. The van der Waals surface area contributed by atoms with Crippen LogP contribution in [0.15, 0.2) is 24.8 Å². The fourth-order valence-corrected chi connectivity index (χ4v) is 0.506. The molecule has 0 rings (SSSR count). The van der Waals surface area contributed by atoms with E-state index in [1.807, 2.05) is 13.0 Å². The summed E-state index contributed by atoms with van der Waals surface area (Å²) >= 11 is 0. The molecular formula is C8H15N. The number of rotatable bonds is 5. The van der Waals surface area contributed by atoms with Gasteiger partial charge >= 0.3 is 0 Å². The van der Waals surface area contributed by atoms with E-state index >= 15 is 0 Å². The highest BCUT2D eigenvalue weighted by atomic mass is 14.8. The molecule has 0 spiro atoms. The third-order valence-electron chi connectivity index (χ3n) is 1.02. The Morgan fingerprint density at radius 1 is 1.67 bits per heavy atom. The summed E-state index contributed by atoms with van der Waals surface area (Å²) in [5.74, 6) is 0. The van der Waals surface area contributed by atoms with E-state index in [2.05, 4.69) is 18.5 Å². The van der Waals surface area contributed by atoms with E-state index in [1.165, 1.54) is 5.57 Å². The predicted molar refractivity (Wildman–Crippen MR) is 42.5 cm³/mol. The molecule has 0 saturated carbocycles. The second-order valence-electron chi connectivity index (χ2n) is 2.20. The van der Waals surface area contributed by atoms with Crippen LogP contribution in [0.3, 0.4) is 0 Å². The quantitative estimate of drug-likeness (QED) is 0.436. The first-order chi connectivity index (χ1) is 4.27. The van der Waals surface area contributed by atoms with Gasteiger partial charge in [-0.1, -0.05) is 11.6 Å². The molecular weight excluding hydrogens is 110 g/mol. The smallest absolute Gasteiger partial charge is 0.0132 e. The Bertz CT molecular complexity index is 94.7. The molecule has 0 aliphatic heterocycles. The van der Waals surface area contributed by atoms with Crippen molar-refractivity contribution in [3.63, 3.8) is 0 Å². The molecule has 0 amide bonds.